The Bertz CT molecular complexity index is 513. The molecule has 0 heterocycles. The summed E-state index contributed by atoms with van der Waals surface area (Å²) in [6.45, 7) is 0.774. The number of benzene rings is 2. The molecule has 0 saturated carbocycles. The number of anilines is 1. The predicted octanol–water partition coefficient (Wildman–Crippen LogP) is 4.20. The number of rotatable bonds is 4. The Morgan fingerprint density at radius 1 is 1.11 bits per heavy atom. The van der Waals surface area contributed by atoms with Gasteiger partial charge in [0.25, 0.3) is 0 Å². The normalized spacial score (nSPS) is 10.4. The van der Waals surface area contributed by atoms with Crippen LogP contribution in [0.1, 0.15) is 11.1 Å². The van der Waals surface area contributed by atoms with Crippen LogP contribution in [0.4, 0.5) is 10.1 Å². The van der Waals surface area contributed by atoms with Crippen molar-refractivity contribution in [3.05, 3.63) is 65.5 Å². The van der Waals surface area contributed by atoms with E-state index in [1.54, 1.807) is 6.07 Å². The van der Waals surface area contributed by atoms with Gasteiger partial charge >= 0.3 is 0 Å². The molecular weight excluding hydrogens is 249 g/mol. The van der Waals surface area contributed by atoms with Gasteiger partial charge < -0.3 is 4.90 Å². The lowest BCUT2D eigenvalue weighted by molar-refractivity contribution is 0.626. The van der Waals surface area contributed by atoms with Gasteiger partial charge in [-0.3, -0.25) is 0 Å². The molecule has 2 rings (SSSR count). The summed E-state index contributed by atoms with van der Waals surface area (Å²) in [5.74, 6) is 0.0641. The maximum Gasteiger partial charge on any atom is 0.123 e. The van der Waals surface area contributed by atoms with Crippen LogP contribution in [0.15, 0.2) is 48.5 Å². The maximum atomic E-state index is 13.1. The number of alkyl halides is 1. The number of hydrogen-bond donors (Lipinski definition) is 0. The largest absolute Gasteiger partial charge is 0.370 e. The molecule has 0 radical (unpaired) electrons. The molecule has 0 amide bonds. The average Bonchev–Trinajstić information content (AvgIpc) is 2.39. The summed E-state index contributed by atoms with van der Waals surface area (Å²) < 4.78 is 13.1. The Balaban J connectivity index is 2.21. The predicted molar refractivity (Wildman–Crippen MR) is 74.5 cm³/mol. The van der Waals surface area contributed by atoms with Gasteiger partial charge in [-0.1, -0.05) is 30.3 Å². The molecule has 0 spiro atoms. The van der Waals surface area contributed by atoms with Crippen LogP contribution in [0.5, 0.6) is 0 Å². The van der Waals surface area contributed by atoms with E-state index in [1.165, 1.54) is 17.7 Å². The van der Waals surface area contributed by atoms with E-state index in [-0.39, 0.29) is 5.82 Å². The SMILES string of the molecule is CN(Cc1ccccc1)c1ccc(F)cc1CCl. The van der Waals surface area contributed by atoms with Crippen molar-refractivity contribution >= 4 is 17.3 Å². The van der Waals surface area contributed by atoms with Crippen molar-refractivity contribution in [1.29, 1.82) is 0 Å². The number of hydrogen-bond acceptors (Lipinski definition) is 1. The van der Waals surface area contributed by atoms with Crippen LogP contribution in [-0.2, 0) is 12.4 Å². The molecule has 0 fully saturated rings. The van der Waals surface area contributed by atoms with Gasteiger partial charge in [-0.25, -0.2) is 4.39 Å². The van der Waals surface area contributed by atoms with Gasteiger partial charge in [-0.2, -0.15) is 0 Å². The van der Waals surface area contributed by atoms with Gasteiger partial charge in [0.05, 0.1) is 0 Å². The topological polar surface area (TPSA) is 3.24 Å². The van der Waals surface area contributed by atoms with E-state index in [4.69, 9.17) is 11.6 Å². The van der Waals surface area contributed by atoms with Crippen molar-refractivity contribution in [3.63, 3.8) is 0 Å². The first-order chi connectivity index (χ1) is 8.70. The lowest BCUT2D eigenvalue weighted by Gasteiger charge is -2.22. The highest BCUT2D eigenvalue weighted by Gasteiger charge is 2.08. The van der Waals surface area contributed by atoms with Crippen molar-refractivity contribution in [3.8, 4) is 0 Å². The lowest BCUT2D eigenvalue weighted by Crippen LogP contribution is -2.17. The molecule has 0 aliphatic rings. The minimum atomic E-state index is -0.248. The van der Waals surface area contributed by atoms with Crippen molar-refractivity contribution in [2.45, 2.75) is 12.4 Å². The van der Waals surface area contributed by atoms with Crippen LogP contribution in [0.3, 0.4) is 0 Å². The van der Waals surface area contributed by atoms with Gasteiger partial charge in [0.1, 0.15) is 5.82 Å². The fourth-order valence-electron chi connectivity index (χ4n) is 1.98. The highest BCUT2D eigenvalue weighted by atomic mass is 35.5. The summed E-state index contributed by atoms with van der Waals surface area (Å²) in [4.78, 5) is 2.08. The summed E-state index contributed by atoms with van der Waals surface area (Å²) in [5, 5.41) is 0. The summed E-state index contributed by atoms with van der Waals surface area (Å²) in [7, 11) is 1.98. The summed E-state index contributed by atoms with van der Waals surface area (Å²) in [6, 6.07) is 14.9. The van der Waals surface area contributed by atoms with Gasteiger partial charge in [0.2, 0.25) is 0 Å². The van der Waals surface area contributed by atoms with Crippen LogP contribution in [0, 0.1) is 5.82 Å². The van der Waals surface area contributed by atoms with Gasteiger partial charge in [0, 0.05) is 25.2 Å². The second kappa shape index (κ2) is 5.87. The highest BCUT2D eigenvalue weighted by Crippen LogP contribution is 2.23. The van der Waals surface area contributed by atoms with Crippen molar-refractivity contribution in [2.75, 3.05) is 11.9 Å². The Morgan fingerprint density at radius 3 is 2.50 bits per heavy atom. The third-order valence-corrected chi connectivity index (χ3v) is 3.15. The standard InChI is InChI=1S/C15H15ClFN/c1-18(11-12-5-3-2-4-6-12)15-8-7-14(17)9-13(15)10-16/h2-9H,10-11H2,1H3. The molecule has 3 heteroatoms. The fraction of sp³-hybridized carbons (Fsp3) is 0.200. The van der Waals surface area contributed by atoms with Crippen molar-refractivity contribution in [1.82, 2.24) is 0 Å². The smallest absolute Gasteiger partial charge is 0.123 e. The van der Waals surface area contributed by atoms with E-state index >= 15 is 0 Å². The Morgan fingerprint density at radius 2 is 1.83 bits per heavy atom. The molecule has 2 aromatic rings. The van der Waals surface area contributed by atoms with E-state index in [2.05, 4.69) is 17.0 Å². The second-order valence-electron chi connectivity index (χ2n) is 4.25. The molecule has 0 aliphatic carbocycles. The summed E-state index contributed by atoms with van der Waals surface area (Å²) in [6.07, 6.45) is 0. The van der Waals surface area contributed by atoms with E-state index in [1.807, 2.05) is 25.2 Å². The zero-order valence-electron chi connectivity index (χ0n) is 10.2. The van der Waals surface area contributed by atoms with E-state index in [0.29, 0.717) is 5.88 Å². The third kappa shape index (κ3) is 3.02. The first-order valence-electron chi connectivity index (χ1n) is 5.80. The third-order valence-electron chi connectivity index (χ3n) is 2.86. The minimum Gasteiger partial charge on any atom is -0.370 e. The lowest BCUT2D eigenvalue weighted by atomic mass is 10.1. The summed E-state index contributed by atoms with van der Waals surface area (Å²) >= 11 is 5.86. The molecule has 0 atom stereocenters. The molecule has 0 unspecified atom stereocenters. The Hall–Kier alpha value is -1.54. The monoisotopic (exact) mass is 263 g/mol. The van der Waals surface area contributed by atoms with Crippen LogP contribution in [-0.4, -0.2) is 7.05 Å². The van der Waals surface area contributed by atoms with Crippen molar-refractivity contribution < 1.29 is 4.39 Å². The molecule has 2 aromatic carbocycles. The molecule has 0 aromatic heterocycles. The van der Waals surface area contributed by atoms with Crippen molar-refractivity contribution in [2.24, 2.45) is 0 Å². The zero-order chi connectivity index (χ0) is 13.0. The first kappa shape index (κ1) is 12.9. The van der Waals surface area contributed by atoms with Crippen LogP contribution in [0.2, 0.25) is 0 Å². The van der Waals surface area contributed by atoms with Crippen LogP contribution in [0.25, 0.3) is 0 Å². The van der Waals surface area contributed by atoms with E-state index in [9.17, 15) is 4.39 Å². The first-order valence-corrected chi connectivity index (χ1v) is 6.33. The number of halogens is 2. The molecule has 0 N–H and O–H groups in total. The molecule has 0 saturated heterocycles. The van der Waals surface area contributed by atoms with Crippen LogP contribution < -0.4 is 4.90 Å². The minimum absolute atomic E-state index is 0.248. The highest BCUT2D eigenvalue weighted by molar-refractivity contribution is 6.17. The molecular formula is C15H15ClFN. The van der Waals surface area contributed by atoms with Gasteiger partial charge in [-0.05, 0) is 29.3 Å². The zero-order valence-corrected chi connectivity index (χ0v) is 11.0. The Labute approximate surface area is 112 Å². The molecule has 0 bridgehead atoms. The fourth-order valence-corrected chi connectivity index (χ4v) is 2.19. The maximum absolute atomic E-state index is 13.1. The number of nitrogens with zero attached hydrogens (tertiary/aromatic N) is 1. The van der Waals surface area contributed by atoms with Gasteiger partial charge in [0.15, 0.2) is 0 Å². The quantitative estimate of drug-likeness (QED) is 0.748. The molecule has 0 aliphatic heterocycles. The molecule has 94 valence electrons. The summed E-state index contributed by atoms with van der Waals surface area (Å²) in [5.41, 5.74) is 3.00. The van der Waals surface area contributed by atoms with Crippen LogP contribution >= 0.6 is 11.6 Å². The van der Waals surface area contributed by atoms with E-state index in [0.717, 1.165) is 17.8 Å². The molecule has 18 heavy (non-hydrogen) atoms. The van der Waals surface area contributed by atoms with Gasteiger partial charge in [-0.15, -0.1) is 11.6 Å². The Kier molecular flexibility index (Phi) is 4.21. The second-order valence-corrected chi connectivity index (χ2v) is 4.52. The average molecular weight is 264 g/mol. The van der Waals surface area contributed by atoms with E-state index < -0.39 is 0 Å². The molecule has 1 nitrogen and oxygen atoms in total.